The zero-order chi connectivity index (χ0) is 19.7. The molecule has 0 saturated heterocycles. The highest BCUT2D eigenvalue weighted by Crippen LogP contribution is 2.39. The van der Waals surface area contributed by atoms with Crippen LogP contribution >= 0.6 is 0 Å². The molecule has 0 fully saturated rings. The van der Waals surface area contributed by atoms with Crippen LogP contribution in [0.1, 0.15) is 75.5 Å². The molecule has 26 heavy (non-hydrogen) atoms. The largest absolute Gasteiger partial charge is 0.507 e. The molecule has 0 atom stereocenters. The van der Waals surface area contributed by atoms with E-state index in [0.717, 1.165) is 22.4 Å². The van der Waals surface area contributed by atoms with E-state index in [2.05, 4.69) is 46.5 Å². The Bertz CT molecular complexity index is 814. The third kappa shape index (κ3) is 4.60. The number of phenols is 1. The van der Waals surface area contributed by atoms with Crippen LogP contribution in [-0.2, 0) is 10.8 Å². The third-order valence-corrected chi connectivity index (χ3v) is 4.36. The van der Waals surface area contributed by atoms with Crippen molar-refractivity contribution < 1.29 is 9.90 Å². The molecule has 0 aliphatic rings. The summed E-state index contributed by atoms with van der Waals surface area (Å²) in [6, 6.07) is 11.3. The summed E-state index contributed by atoms with van der Waals surface area (Å²) in [5, 5.41) is 10.8. The zero-order valence-electron chi connectivity index (χ0n) is 16.8. The number of Topliss-reactive ketones (excluding diaryl/α,β-unsaturated/α-hetero) is 1. The lowest BCUT2D eigenvalue weighted by molar-refractivity contribution is 0.101. The summed E-state index contributed by atoms with van der Waals surface area (Å²) in [6.45, 7) is 14.1. The van der Waals surface area contributed by atoms with Crippen molar-refractivity contribution in [1.29, 1.82) is 0 Å². The quantitative estimate of drug-likeness (QED) is 0.549. The Balaban J connectivity index is 2.53. The minimum atomic E-state index is -0.178. The van der Waals surface area contributed by atoms with Crippen LogP contribution in [0.5, 0.6) is 5.75 Å². The van der Waals surface area contributed by atoms with Gasteiger partial charge in [-0.15, -0.1) is 0 Å². The van der Waals surface area contributed by atoms with E-state index in [1.807, 2.05) is 24.3 Å². The van der Waals surface area contributed by atoms with E-state index >= 15 is 0 Å². The molecule has 0 unspecified atom stereocenters. The lowest BCUT2D eigenvalue weighted by Crippen LogP contribution is -2.17. The number of ketones is 1. The van der Waals surface area contributed by atoms with Gasteiger partial charge >= 0.3 is 0 Å². The molecule has 0 aliphatic carbocycles. The molecule has 2 aromatic carbocycles. The molecule has 0 heterocycles. The summed E-state index contributed by atoms with van der Waals surface area (Å²) in [6.07, 6.45) is 1.79. The Labute approximate surface area is 156 Å². The van der Waals surface area contributed by atoms with Gasteiger partial charge in [0.05, 0.1) is 5.69 Å². The van der Waals surface area contributed by atoms with Gasteiger partial charge in [-0.05, 0) is 47.6 Å². The van der Waals surface area contributed by atoms with Crippen LogP contribution in [0, 0.1) is 0 Å². The maximum absolute atomic E-state index is 11.5. The minimum absolute atomic E-state index is 0.0247. The fourth-order valence-corrected chi connectivity index (χ4v) is 2.83. The Morgan fingerprint density at radius 3 is 1.96 bits per heavy atom. The predicted octanol–water partition coefficient (Wildman–Crippen LogP) is 5.94. The van der Waals surface area contributed by atoms with Crippen molar-refractivity contribution in [3.05, 3.63) is 58.7 Å². The Hall–Kier alpha value is -2.42. The fourth-order valence-electron chi connectivity index (χ4n) is 2.83. The second kappa shape index (κ2) is 7.06. The second-order valence-corrected chi connectivity index (χ2v) is 8.83. The van der Waals surface area contributed by atoms with Crippen molar-refractivity contribution >= 4 is 17.7 Å². The van der Waals surface area contributed by atoms with E-state index in [0.29, 0.717) is 11.3 Å². The molecule has 0 spiro atoms. The topological polar surface area (TPSA) is 49.7 Å². The monoisotopic (exact) mass is 351 g/mol. The van der Waals surface area contributed by atoms with Crippen LogP contribution in [0.4, 0.5) is 5.69 Å². The first-order valence-electron chi connectivity index (χ1n) is 8.92. The number of aliphatic imine (C=N–C) groups is 1. The van der Waals surface area contributed by atoms with Crippen LogP contribution in [0.3, 0.4) is 0 Å². The highest BCUT2D eigenvalue weighted by Gasteiger charge is 2.26. The van der Waals surface area contributed by atoms with E-state index in [1.165, 1.54) is 0 Å². The molecule has 0 radical (unpaired) electrons. The van der Waals surface area contributed by atoms with Crippen LogP contribution < -0.4 is 0 Å². The summed E-state index contributed by atoms with van der Waals surface area (Å²) in [5.74, 6) is 0.387. The number of hydrogen-bond donors (Lipinski definition) is 1. The predicted molar refractivity (Wildman–Crippen MR) is 109 cm³/mol. The van der Waals surface area contributed by atoms with Gasteiger partial charge in [0.2, 0.25) is 0 Å². The van der Waals surface area contributed by atoms with Crippen molar-refractivity contribution in [2.24, 2.45) is 4.99 Å². The van der Waals surface area contributed by atoms with Crippen LogP contribution in [0.2, 0.25) is 0 Å². The molecule has 0 aliphatic heterocycles. The first kappa shape index (κ1) is 19.9. The average Bonchev–Trinajstić information content (AvgIpc) is 2.51. The van der Waals surface area contributed by atoms with Crippen molar-refractivity contribution in [3.8, 4) is 5.75 Å². The molecule has 0 amide bonds. The number of aromatic hydroxyl groups is 1. The molecule has 2 aromatic rings. The number of hydrogen-bond acceptors (Lipinski definition) is 3. The summed E-state index contributed by atoms with van der Waals surface area (Å²) < 4.78 is 0. The molecule has 0 aromatic heterocycles. The van der Waals surface area contributed by atoms with Gasteiger partial charge in [-0.25, -0.2) is 0 Å². The van der Waals surface area contributed by atoms with E-state index in [9.17, 15) is 9.90 Å². The lowest BCUT2D eigenvalue weighted by atomic mass is 9.78. The number of benzene rings is 2. The molecule has 3 nitrogen and oxygen atoms in total. The number of rotatable bonds is 3. The van der Waals surface area contributed by atoms with Gasteiger partial charge in [-0.3, -0.25) is 9.79 Å². The summed E-state index contributed by atoms with van der Waals surface area (Å²) >= 11 is 0. The van der Waals surface area contributed by atoms with Crippen LogP contribution in [-0.4, -0.2) is 17.1 Å². The molecule has 138 valence electrons. The number of carbonyl (C=O) groups excluding carboxylic acids is 1. The highest BCUT2D eigenvalue weighted by atomic mass is 16.3. The van der Waals surface area contributed by atoms with Crippen molar-refractivity contribution in [2.75, 3.05) is 0 Å². The number of carbonyl (C=O) groups is 1. The van der Waals surface area contributed by atoms with Crippen molar-refractivity contribution in [1.82, 2.24) is 0 Å². The second-order valence-electron chi connectivity index (χ2n) is 8.83. The Morgan fingerprint density at radius 1 is 0.962 bits per heavy atom. The van der Waals surface area contributed by atoms with E-state index in [1.54, 1.807) is 25.3 Å². The fraction of sp³-hybridized carbons (Fsp3) is 0.391. The Morgan fingerprint density at radius 2 is 1.50 bits per heavy atom. The lowest BCUT2D eigenvalue weighted by Gasteiger charge is -2.27. The highest BCUT2D eigenvalue weighted by molar-refractivity contribution is 5.95. The smallest absolute Gasteiger partial charge is 0.159 e. The first-order chi connectivity index (χ1) is 11.9. The molecule has 0 saturated carbocycles. The van der Waals surface area contributed by atoms with Crippen LogP contribution in [0.15, 0.2) is 41.4 Å². The normalized spacial score (nSPS) is 12.6. The van der Waals surface area contributed by atoms with E-state index in [-0.39, 0.29) is 16.6 Å². The Kier molecular flexibility index (Phi) is 5.41. The van der Waals surface area contributed by atoms with Gasteiger partial charge < -0.3 is 5.11 Å². The first-order valence-corrected chi connectivity index (χ1v) is 8.92. The molecule has 1 N–H and O–H groups in total. The maximum Gasteiger partial charge on any atom is 0.159 e. The van der Waals surface area contributed by atoms with Gasteiger partial charge in [-0.2, -0.15) is 0 Å². The maximum atomic E-state index is 11.5. The third-order valence-electron chi connectivity index (χ3n) is 4.36. The average molecular weight is 351 g/mol. The molecule has 3 heteroatoms. The number of nitrogens with zero attached hydrogens (tertiary/aromatic N) is 1. The zero-order valence-corrected chi connectivity index (χ0v) is 16.8. The van der Waals surface area contributed by atoms with Crippen molar-refractivity contribution in [2.45, 2.75) is 59.3 Å². The summed E-state index contributed by atoms with van der Waals surface area (Å²) in [5.41, 5.74) is 3.78. The molecular weight excluding hydrogens is 322 g/mol. The van der Waals surface area contributed by atoms with Gasteiger partial charge in [0.15, 0.2) is 5.78 Å². The summed E-state index contributed by atoms with van der Waals surface area (Å²) in [4.78, 5) is 16.1. The molecule has 2 rings (SSSR count). The van der Waals surface area contributed by atoms with E-state index in [4.69, 9.17) is 0 Å². The van der Waals surface area contributed by atoms with Crippen molar-refractivity contribution in [3.63, 3.8) is 0 Å². The SMILES string of the molecule is CC(=O)c1cccc(N=Cc2cc(C(C)(C)C)c(O)c(C(C)(C)C)c2)c1. The van der Waals surface area contributed by atoms with Crippen LogP contribution in [0.25, 0.3) is 0 Å². The minimum Gasteiger partial charge on any atom is -0.507 e. The van der Waals surface area contributed by atoms with Gasteiger partial charge in [0, 0.05) is 22.9 Å². The standard InChI is InChI=1S/C23H29NO2/c1-15(25)17-9-8-10-18(13-17)24-14-16-11-19(22(2,3)4)21(26)20(12-16)23(5,6)7/h8-14,26H,1-7H3. The van der Waals surface area contributed by atoms with Gasteiger partial charge in [0.25, 0.3) is 0 Å². The molecule has 0 bridgehead atoms. The molecular formula is C23H29NO2. The summed E-state index contributed by atoms with van der Waals surface area (Å²) in [7, 11) is 0. The van der Waals surface area contributed by atoms with Gasteiger partial charge in [-0.1, -0.05) is 53.7 Å². The van der Waals surface area contributed by atoms with E-state index < -0.39 is 0 Å². The van der Waals surface area contributed by atoms with Gasteiger partial charge in [0.1, 0.15) is 5.75 Å². The number of phenolic OH excluding ortho intramolecular Hbond substituents is 1.